The Balaban J connectivity index is 2.41. The van der Waals surface area contributed by atoms with Gasteiger partial charge in [-0.2, -0.15) is 0 Å². The highest BCUT2D eigenvalue weighted by atomic mass is 16.5. The maximum absolute atomic E-state index is 12.3. The molecule has 2 rings (SSSR count). The van der Waals surface area contributed by atoms with Crippen LogP contribution in [0.5, 0.6) is 0 Å². The fourth-order valence-corrected chi connectivity index (χ4v) is 2.29. The third-order valence-corrected chi connectivity index (χ3v) is 3.31. The molecule has 0 aromatic heterocycles. The second-order valence-corrected chi connectivity index (χ2v) is 4.80. The first-order chi connectivity index (χ1) is 9.47. The van der Waals surface area contributed by atoms with E-state index in [4.69, 9.17) is 4.74 Å². The van der Waals surface area contributed by atoms with Gasteiger partial charge in [-0.3, -0.25) is 14.5 Å². The van der Waals surface area contributed by atoms with Crippen LogP contribution in [0.1, 0.15) is 16.7 Å². The van der Waals surface area contributed by atoms with Gasteiger partial charge in [-0.05, 0) is 25.0 Å². The molecule has 0 unspecified atom stereocenters. The Bertz CT molecular complexity index is 604. The Morgan fingerprint density at radius 3 is 2.50 bits per heavy atom. The molecule has 0 atom stereocenters. The predicted molar refractivity (Wildman–Crippen MR) is 74.1 cm³/mol. The molecule has 0 bridgehead atoms. The molecule has 20 heavy (non-hydrogen) atoms. The van der Waals surface area contributed by atoms with Crippen LogP contribution < -0.4 is 0 Å². The molecule has 0 fully saturated rings. The molecule has 2 amide bonds. The molecule has 1 aliphatic heterocycles. The van der Waals surface area contributed by atoms with Crippen LogP contribution in [-0.4, -0.2) is 42.1 Å². The average Bonchev–Trinajstić information content (AvgIpc) is 2.60. The first kappa shape index (κ1) is 14.3. The summed E-state index contributed by atoms with van der Waals surface area (Å²) in [6.45, 7) is 4.16. The van der Waals surface area contributed by atoms with E-state index in [0.29, 0.717) is 5.56 Å². The second-order valence-electron chi connectivity index (χ2n) is 4.80. The van der Waals surface area contributed by atoms with Gasteiger partial charge in [0.1, 0.15) is 0 Å². The summed E-state index contributed by atoms with van der Waals surface area (Å²) in [5, 5.41) is 9.97. The van der Waals surface area contributed by atoms with Crippen molar-refractivity contribution in [2.75, 3.05) is 20.3 Å². The maximum atomic E-state index is 12.3. The number of rotatable bonds is 4. The first-order valence-electron chi connectivity index (χ1n) is 6.33. The SMILES string of the molecule is COCCN1C(=O)C(O)=C(c2ccc(C)cc2C)C1=O. The number of benzene rings is 1. The van der Waals surface area contributed by atoms with Crippen LogP contribution in [0.4, 0.5) is 0 Å². The Kier molecular flexibility index (Phi) is 3.90. The summed E-state index contributed by atoms with van der Waals surface area (Å²) < 4.78 is 4.87. The second kappa shape index (κ2) is 5.46. The van der Waals surface area contributed by atoms with Crippen LogP contribution in [0.2, 0.25) is 0 Å². The molecule has 1 aliphatic rings. The topological polar surface area (TPSA) is 66.8 Å². The van der Waals surface area contributed by atoms with Crippen LogP contribution in [0, 0.1) is 13.8 Å². The Hall–Kier alpha value is -2.14. The monoisotopic (exact) mass is 275 g/mol. The molecule has 106 valence electrons. The third-order valence-electron chi connectivity index (χ3n) is 3.31. The van der Waals surface area contributed by atoms with E-state index < -0.39 is 17.6 Å². The molecule has 0 radical (unpaired) electrons. The number of aryl methyl sites for hydroxylation is 2. The van der Waals surface area contributed by atoms with Gasteiger partial charge in [0.2, 0.25) is 0 Å². The van der Waals surface area contributed by atoms with Crippen molar-refractivity contribution in [3.05, 3.63) is 40.6 Å². The maximum Gasteiger partial charge on any atom is 0.296 e. The summed E-state index contributed by atoms with van der Waals surface area (Å²) in [5.41, 5.74) is 2.57. The lowest BCUT2D eigenvalue weighted by atomic mass is 9.98. The molecular weight excluding hydrogens is 258 g/mol. The van der Waals surface area contributed by atoms with Crippen molar-refractivity contribution in [1.82, 2.24) is 4.90 Å². The number of carbonyl (C=O) groups excluding carboxylic acids is 2. The smallest absolute Gasteiger partial charge is 0.296 e. The van der Waals surface area contributed by atoms with Crippen LogP contribution in [0.3, 0.4) is 0 Å². The van der Waals surface area contributed by atoms with E-state index in [9.17, 15) is 14.7 Å². The Morgan fingerprint density at radius 1 is 1.20 bits per heavy atom. The fourth-order valence-electron chi connectivity index (χ4n) is 2.29. The van der Waals surface area contributed by atoms with Gasteiger partial charge in [-0.15, -0.1) is 0 Å². The number of methoxy groups -OCH3 is 1. The number of carbonyl (C=O) groups is 2. The lowest BCUT2D eigenvalue weighted by molar-refractivity contribution is -0.138. The minimum Gasteiger partial charge on any atom is -0.502 e. The van der Waals surface area contributed by atoms with Gasteiger partial charge in [-0.25, -0.2) is 0 Å². The zero-order valence-electron chi connectivity index (χ0n) is 11.8. The van der Waals surface area contributed by atoms with Gasteiger partial charge in [0, 0.05) is 7.11 Å². The van der Waals surface area contributed by atoms with E-state index in [2.05, 4.69) is 0 Å². The molecule has 1 heterocycles. The standard InChI is InChI=1S/C15H17NO4/c1-9-4-5-11(10(2)8-9)12-13(17)15(19)16(14(12)18)6-7-20-3/h4-5,8,17H,6-7H2,1-3H3. The highest BCUT2D eigenvalue weighted by Crippen LogP contribution is 2.30. The molecule has 0 spiro atoms. The summed E-state index contributed by atoms with van der Waals surface area (Å²) in [7, 11) is 1.49. The normalized spacial score (nSPS) is 15.4. The molecular formula is C15H17NO4. The minimum atomic E-state index is -0.665. The summed E-state index contributed by atoms with van der Waals surface area (Å²) in [6.07, 6.45) is 0. The van der Waals surface area contributed by atoms with Crippen molar-refractivity contribution in [3.8, 4) is 0 Å². The Labute approximate surface area is 117 Å². The van der Waals surface area contributed by atoms with Crippen molar-refractivity contribution in [2.45, 2.75) is 13.8 Å². The van der Waals surface area contributed by atoms with Gasteiger partial charge >= 0.3 is 0 Å². The lowest BCUT2D eigenvalue weighted by Crippen LogP contribution is -2.34. The fraction of sp³-hybridized carbons (Fsp3) is 0.333. The predicted octanol–water partition coefficient (Wildman–Crippen LogP) is 1.59. The average molecular weight is 275 g/mol. The highest BCUT2D eigenvalue weighted by molar-refractivity contribution is 6.35. The number of nitrogens with zero attached hydrogens (tertiary/aromatic N) is 1. The van der Waals surface area contributed by atoms with Crippen molar-refractivity contribution in [1.29, 1.82) is 0 Å². The van der Waals surface area contributed by atoms with E-state index in [1.807, 2.05) is 26.0 Å². The van der Waals surface area contributed by atoms with Crippen LogP contribution in [0.15, 0.2) is 24.0 Å². The van der Waals surface area contributed by atoms with Crippen LogP contribution in [-0.2, 0) is 14.3 Å². The highest BCUT2D eigenvalue weighted by Gasteiger charge is 2.39. The van der Waals surface area contributed by atoms with Crippen molar-refractivity contribution < 1.29 is 19.4 Å². The number of amides is 2. The quantitative estimate of drug-likeness (QED) is 0.847. The van der Waals surface area contributed by atoms with Gasteiger partial charge in [-0.1, -0.05) is 23.8 Å². The summed E-state index contributed by atoms with van der Waals surface area (Å²) in [6, 6.07) is 5.50. The van der Waals surface area contributed by atoms with E-state index in [1.54, 1.807) is 6.07 Å². The van der Waals surface area contributed by atoms with Crippen LogP contribution >= 0.6 is 0 Å². The molecule has 0 aliphatic carbocycles. The number of hydrogen-bond acceptors (Lipinski definition) is 4. The zero-order chi connectivity index (χ0) is 14.9. The number of imide groups is 1. The van der Waals surface area contributed by atoms with Gasteiger partial charge < -0.3 is 9.84 Å². The van der Waals surface area contributed by atoms with Gasteiger partial charge in [0.05, 0.1) is 18.7 Å². The number of hydrogen-bond donors (Lipinski definition) is 1. The third kappa shape index (κ3) is 2.32. The molecule has 0 saturated heterocycles. The number of ether oxygens (including phenoxy) is 1. The largest absolute Gasteiger partial charge is 0.502 e. The molecule has 5 heteroatoms. The lowest BCUT2D eigenvalue weighted by Gasteiger charge is -2.14. The van der Waals surface area contributed by atoms with Gasteiger partial charge in [0.25, 0.3) is 11.8 Å². The first-order valence-corrected chi connectivity index (χ1v) is 6.33. The summed E-state index contributed by atoms with van der Waals surface area (Å²) in [5.74, 6) is -1.63. The minimum absolute atomic E-state index is 0.0728. The molecule has 1 N–H and O–H groups in total. The Morgan fingerprint density at radius 2 is 1.90 bits per heavy atom. The van der Waals surface area contributed by atoms with Crippen LogP contribution in [0.25, 0.3) is 5.57 Å². The molecule has 1 aromatic rings. The van der Waals surface area contributed by atoms with Crippen molar-refractivity contribution in [2.24, 2.45) is 0 Å². The summed E-state index contributed by atoms with van der Waals surface area (Å²) >= 11 is 0. The van der Waals surface area contributed by atoms with Gasteiger partial charge in [0.15, 0.2) is 5.76 Å². The molecule has 5 nitrogen and oxygen atoms in total. The summed E-state index contributed by atoms with van der Waals surface area (Å²) in [4.78, 5) is 25.2. The van der Waals surface area contributed by atoms with Crippen molar-refractivity contribution in [3.63, 3.8) is 0 Å². The van der Waals surface area contributed by atoms with E-state index in [-0.39, 0.29) is 18.7 Å². The molecule has 1 aromatic carbocycles. The van der Waals surface area contributed by atoms with Crippen molar-refractivity contribution >= 4 is 17.4 Å². The van der Waals surface area contributed by atoms with E-state index >= 15 is 0 Å². The number of aliphatic hydroxyl groups excluding tert-OH is 1. The number of aliphatic hydroxyl groups is 1. The zero-order valence-corrected chi connectivity index (χ0v) is 11.8. The van der Waals surface area contributed by atoms with E-state index in [1.165, 1.54) is 7.11 Å². The van der Waals surface area contributed by atoms with E-state index in [0.717, 1.165) is 16.0 Å². The molecule has 0 saturated carbocycles.